The zero-order chi connectivity index (χ0) is 16.3. The number of carbonyl (C=O) groups is 1. The number of hydrogen-bond acceptors (Lipinski definition) is 4. The molecule has 22 heavy (non-hydrogen) atoms. The first kappa shape index (κ1) is 16.8. The van der Waals surface area contributed by atoms with Crippen LogP contribution in [0.4, 0.5) is 5.69 Å². The lowest BCUT2D eigenvalue weighted by molar-refractivity contribution is 0.0713. The van der Waals surface area contributed by atoms with Crippen LogP contribution in [0.15, 0.2) is 18.2 Å². The molecule has 0 saturated carbocycles. The van der Waals surface area contributed by atoms with E-state index in [1.807, 2.05) is 13.8 Å². The smallest absolute Gasteiger partial charge is 0.253 e. The van der Waals surface area contributed by atoms with Crippen molar-refractivity contribution in [2.24, 2.45) is 0 Å². The molecule has 1 aromatic carbocycles. The van der Waals surface area contributed by atoms with Crippen LogP contribution in [0.3, 0.4) is 0 Å². The topological polar surface area (TPSA) is 84.5 Å². The first-order valence-electron chi connectivity index (χ1n) is 7.27. The van der Waals surface area contributed by atoms with Gasteiger partial charge in [-0.2, -0.15) is 0 Å². The molecule has 0 bridgehead atoms. The highest BCUT2D eigenvalue weighted by molar-refractivity contribution is 7.92. The van der Waals surface area contributed by atoms with Crippen LogP contribution in [0.1, 0.15) is 35.7 Å². The lowest BCUT2D eigenvalue weighted by Gasteiger charge is -2.21. The minimum atomic E-state index is -3.44. The van der Waals surface area contributed by atoms with E-state index in [0.29, 0.717) is 5.56 Å². The van der Waals surface area contributed by atoms with E-state index in [9.17, 15) is 13.2 Å². The lowest BCUT2D eigenvalue weighted by Crippen LogP contribution is -2.41. The van der Waals surface area contributed by atoms with Crippen LogP contribution in [-0.2, 0) is 14.8 Å². The summed E-state index contributed by atoms with van der Waals surface area (Å²) in [6.45, 7) is 4.47. The van der Waals surface area contributed by atoms with E-state index in [4.69, 9.17) is 4.74 Å². The lowest BCUT2D eigenvalue weighted by atomic mass is 10.1. The summed E-state index contributed by atoms with van der Waals surface area (Å²) >= 11 is 0. The third kappa shape index (κ3) is 4.45. The van der Waals surface area contributed by atoms with Gasteiger partial charge in [0.2, 0.25) is 10.0 Å². The molecule has 1 fully saturated rings. The van der Waals surface area contributed by atoms with Crippen molar-refractivity contribution < 1.29 is 17.9 Å². The molecule has 1 saturated heterocycles. The number of anilines is 1. The van der Waals surface area contributed by atoms with Crippen LogP contribution in [0, 0.1) is 6.92 Å². The molecular weight excluding hydrogens is 304 g/mol. The quantitative estimate of drug-likeness (QED) is 0.862. The summed E-state index contributed by atoms with van der Waals surface area (Å²) < 4.78 is 30.8. The SMILES string of the molecule is Cc1ccc(NS(C)(=O)=O)c(C(=O)NC(C)C2CCCO2)c1. The number of hydrogen-bond donors (Lipinski definition) is 2. The van der Waals surface area contributed by atoms with E-state index in [2.05, 4.69) is 10.0 Å². The Bertz CT molecular complexity index is 652. The Labute approximate surface area is 131 Å². The van der Waals surface area contributed by atoms with Gasteiger partial charge >= 0.3 is 0 Å². The second kappa shape index (κ2) is 6.66. The van der Waals surface area contributed by atoms with Gasteiger partial charge in [-0.25, -0.2) is 8.42 Å². The van der Waals surface area contributed by atoms with E-state index in [-0.39, 0.29) is 23.7 Å². The molecule has 6 nitrogen and oxygen atoms in total. The van der Waals surface area contributed by atoms with Crippen LogP contribution in [0.25, 0.3) is 0 Å². The fraction of sp³-hybridized carbons (Fsp3) is 0.533. The molecule has 2 atom stereocenters. The normalized spacial score (nSPS) is 19.7. The largest absolute Gasteiger partial charge is 0.376 e. The van der Waals surface area contributed by atoms with E-state index < -0.39 is 10.0 Å². The zero-order valence-corrected chi connectivity index (χ0v) is 13.9. The van der Waals surface area contributed by atoms with Gasteiger partial charge in [0.1, 0.15) is 0 Å². The van der Waals surface area contributed by atoms with Crippen molar-refractivity contribution >= 4 is 21.6 Å². The predicted octanol–water partition coefficient (Wildman–Crippen LogP) is 1.66. The summed E-state index contributed by atoms with van der Waals surface area (Å²) in [5.74, 6) is -0.308. The van der Waals surface area contributed by atoms with Crippen molar-refractivity contribution in [2.45, 2.75) is 38.8 Å². The van der Waals surface area contributed by atoms with E-state index in [1.54, 1.807) is 18.2 Å². The number of aryl methyl sites for hydroxylation is 1. The first-order chi connectivity index (χ1) is 10.3. The van der Waals surface area contributed by atoms with Gasteiger partial charge in [-0.3, -0.25) is 9.52 Å². The summed E-state index contributed by atoms with van der Waals surface area (Å²) in [4.78, 5) is 12.5. The van der Waals surface area contributed by atoms with Crippen molar-refractivity contribution in [3.63, 3.8) is 0 Å². The molecule has 2 unspecified atom stereocenters. The minimum Gasteiger partial charge on any atom is -0.376 e. The summed E-state index contributed by atoms with van der Waals surface area (Å²) in [7, 11) is -3.44. The van der Waals surface area contributed by atoms with Crippen LogP contribution < -0.4 is 10.0 Å². The maximum Gasteiger partial charge on any atom is 0.253 e. The number of sulfonamides is 1. The van der Waals surface area contributed by atoms with Gasteiger partial charge in [0.05, 0.1) is 29.7 Å². The predicted molar refractivity (Wildman–Crippen MR) is 85.5 cm³/mol. The number of benzene rings is 1. The summed E-state index contributed by atoms with van der Waals surface area (Å²) in [5, 5.41) is 2.89. The number of carbonyl (C=O) groups excluding carboxylic acids is 1. The summed E-state index contributed by atoms with van der Waals surface area (Å²) in [5.41, 5.74) is 1.48. The molecule has 122 valence electrons. The van der Waals surface area contributed by atoms with Crippen LogP contribution in [0.2, 0.25) is 0 Å². The van der Waals surface area contributed by atoms with Crippen molar-refractivity contribution in [3.8, 4) is 0 Å². The van der Waals surface area contributed by atoms with Crippen molar-refractivity contribution in [1.29, 1.82) is 0 Å². The molecule has 7 heteroatoms. The van der Waals surface area contributed by atoms with Crippen LogP contribution >= 0.6 is 0 Å². The van der Waals surface area contributed by atoms with Crippen LogP contribution in [-0.4, -0.2) is 39.3 Å². The van der Waals surface area contributed by atoms with Gasteiger partial charge in [-0.15, -0.1) is 0 Å². The monoisotopic (exact) mass is 326 g/mol. The Kier molecular flexibility index (Phi) is 5.08. The fourth-order valence-corrected chi connectivity index (χ4v) is 3.09. The fourth-order valence-electron chi connectivity index (χ4n) is 2.51. The molecule has 1 aliphatic heterocycles. The maximum absolute atomic E-state index is 12.5. The summed E-state index contributed by atoms with van der Waals surface area (Å²) in [6, 6.07) is 4.91. The molecule has 2 N–H and O–H groups in total. The number of amides is 1. The van der Waals surface area contributed by atoms with Gasteiger partial charge in [-0.1, -0.05) is 11.6 Å². The Hall–Kier alpha value is -1.60. The van der Waals surface area contributed by atoms with Crippen molar-refractivity contribution in [2.75, 3.05) is 17.6 Å². The molecule has 1 aliphatic rings. The highest BCUT2D eigenvalue weighted by atomic mass is 32.2. The number of nitrogens with one attached hydrogen (secondary N) is 2. The molecule has 0 aliphatic carbocycles. The third-order valence-electron chi connectivity index (χ3n) is 3.60. The molecule has 2 rings (SSSR count). The third-order valence-corrected chi connectivity index (χ3v) is 4.19. The Morgan fingerprint density at radius 1 is 1.41 bits per heavy atom. The molecule has 1 aromatic rings. The Balaban J connectivity index is 2.18. The molecule has 1 amide bonds. The average molecular weight is 326 g/mol. The molecular formula is C15H22N2O4S. The van der Waals surface area contributed by atoms with Gasteiger partial charge in [0.15, 0.2) is 0 Å². The molecule has 0 radical (unpaired) electrons. The number of rotatable bonds is 5. The van der Waals surface area contributed by atoms with Gasteiger partial charge in [0, 0.05) is 6.61 Å². The first-order valence-corrected chi connectivity index (χ1v) is 9.16. The van der Waals surface area contributed by atoms with Gasteiger partial charge in [0.25, 0.3) is 5.91 Å². The zero-order valence-electron chi connectivity index (χ0n) is 13.0. The van der Waals surface area contributed by atoms with E-state index in [1.165, 1.54) is 0 Å². The highest BCUT2D eigenvalue weighted by Crippen LogP contribution is 2.20. The highest BCUT2D eigenvalue weighted by Gasteiger charge is 2.25. The van der Waals surface area contributed by atoms with E-state index >= 15 is 0 Å². The van der Waals surface area contributed by atoms with Crippen molar-refractivity contribution in [3.05, 3.63) is 29.3 Å². The molecule has 0 spiro atoms. The number of ether oxygens (including phenoxy) is 1. The summed E-state index contributed by atoms with van der Waals surface area (Å²) in [6.07, 6.45) is 2.99. The van der Waals surface area contributed by atoms with Gasteiger partial charge < -0.3 is 10.1 Å². The molecule has 1 heterocycles. The maximum atomic E-state index is 12.5. The van der Waals surface area contributed by atoms with E-state index in [0.717, 1.165) is 31.3 Å². The average Bonchev–Trinajstić information content (AvgIpc) is 2.93. The minimum absolute atomic E-state index is 0.0140. The Morgan fingerprint density at radius 2 is 2.14 bits per heavy atom. The standard InChI is InChI=1S/C15H22N2O4S/c1-10-6-7-13(17-22(3,19)20)12(9-10)15(18)16-11(2)14-5-4-8-21-14/h6-7,9,11,14,17H,4-5,8H2,1-3H3,(H,16,18). The van der Waals surface area contributed by atoms with Crippen LogP contribution in [0.5, 0.6) is 0 Å². The molecule has 0 aromatic heterocycles. The Morgan fingerprint density at radius 3 is 2.73 bits per heavy atom. The second-order valence-corrected chi connectivity index (χ2v) is 7.49. The van der Waals surface area contributed by atoms with Gasteiger partial charge in [-0.05, 0) is 38.8 Å². The van der Waals surface area contributed by atoms with Crippen molar-refractivity contribution in [1.82, 2.24) is 5.32 Å². The second-order valence-electron chi connectivity index (χ2n) is 5.74.